The fraction of sp³-hybridized carbons (Fsp3) is 0.143. The summed E-state index contributed by atoms with van der Waals surface area (Å²) in [5.74, 6) is 0.159. The van der Waals surface area contributed by atoms with Crippen LogP contribution in [0.4, 0.5) is 11.4 Å². The number of furan rings is 1. The van der Waals surface area contributed by atoms with Crippen LogP contribution in [0, 0.1) is 0 Å². The zero-order chi connectivity index (χ0) is 13.2. The lowest BCUT2D eigenvalue weighted by molar-refractivity contribution is 0.0961. The molecule has 2 aromatic rings. The number of hydrogen-bond acceptors (Lipinski definition) is 4. The topological polar surface area (TPSA) is 71.8 Å². The van der Waals surface area contributed by atoms with Crippen LogP contribution < -0.4 is 10.6 Å². The molecule has 19 heavy (non-hydrogen) atoms. The van der Waals surface area contributed by atoms with E-state index >= 15 is 0 Å². The van der Waals surface area contributed by atoms with Crippen LogP contribution in [0.15, 0.2) is 46.0 Å². The van der Waals surface area contributed by atoms with E-state index in [4.69, 9.17) is 10.2 Å². The lowest BCUT2D eigenvalue weighted by Gasteiger charge is -2.21. The number of anilines is 2. The number of carbonyl (C=O) groups excluding carboxylic acids is 1. The molecule has 1 aliphatic rings. The quantitative estimate of drug-likeness (QED) is 0.791. The van der Waals surface area contributed by atoms with Crippen molar-refractivity contribution in [3.8, 4) is 0 Å². The van der Waals surface area contributed by atoms with E-state index in [1.165, 1.54) is 6.26 Å². The molecule has 2 heterocycles. The summed E-state index contributed by atoms with van der Waals surface area (Å²) in [6.45, 7) is 1.08. The van der Waals surface area contributed by atoms with E-state index in [-0.39, 0.29) is 5.91 Å². The van der Waals surface area contributed by atoms with Crippen LogP contribution in [0.2, 0.25) is 0 Å². The van der Waals surface area contributed by atoms with E-state index in [9.17, 15) is 4.79 Å². The largest absolute Gasteiger partial charge is 0.459 e. The summed E-state index contributed by atoms with van der Waals surface area (Å²) in [5, 5.41) is 0. The van der Waals surface area contributed by atoms with Crippen molar-refractivity contribution in [2.45, 2.75) is 0 Å². The molecule has 2 N–H and O–H groups in total. The molecular formula is C14H13N3O2. The first-order valence-electron chi connectivity index (χ1n) is 6.00. The van der Waals surface area contributed by atoms with Gasteiger partial charge in [0.15, 0.2) is 5.76 Å². The van der Waals surface area contributed by atoms with E-state index in [0.29, 0.717) is 24.5 Å². The van der Waals surface area contributed by atoms with Gasteiger partial charge in [0.2, 0.25) is 0 Å². The molecule has 0 aliphatic carbocycles. The van der Waals surface area contributed by atoms with Gasteiger partial charge in [0.05, 0.1) is 18.5 Å². The van der Waals surface area contributed by atoms with Crippen LogP contribution >= 0.6 is 0 Å². The molecule has 0 radical (unpaired) electrons. The summed E-state index contributed by atoms with van der Waals surface area (Å²) in [5.41, 5.74) is 8.06. The molecule has 1 aliphatic heterocycles. The molecule has 0 saturated carbocycles. The van der Waals surface area contributed by atoms with Gasteiger partial charge in [-0.05, 0) is 30.3 Å². The molecule has 5 nitrogen and oxygen atoms in total. The first-order chi connectivity index (χ1) is 9.25. The van der Waals surface area contributed by atoms with Crippen LogP contribution in [-0.4, -0.2) is 25.2 Å². The number of nitrogens with two attached hydrogens (primary N) is 1. The third-order valence-electron chi connectivity index (χ3n) is 3.00. The Labute approximate surface area is 110 Å². The second-order valence-corrected chi connectivity index (χ2v) is 4.29. The fourth-order valence-electron chi connectivity index (χ4n) is 2.11. The van der Waals surface area contributed by atoms with Crippen molar-refractivity contribution in [2.24, 2.45) is 4.99 Å². The molecule has 5 heteroatoms. The van der Waals surface area contributed by atoms with Crippen LogP contribution in [0.3, 0.4) is 0 Å². The van der Waals surface area contributed by atoms with Gasteiger partial charge in [-0.3, -0.25) is 9.79 Å². The lowest BCUT2D eigenvalue weighted by atomic mass is 10.1. The number of fused-ring (bicyclic) bond motifs is 1. The minimum absolute atomic E-state index is 0.165. The molecule has 3 rings (SSSR count). The Kier molecular flexibility index (Phi) is 2.79. The summed E-state index contributed by atoms with van der Waals surface area (Å²) >= 11 is 0. The molecule has 1 aromatic heterocycles. The predicted molar refractivity (Wildman–Crippen MR) is 73.7 cm³/mol. The average Bonchev–Trinajstić information content (AvgIpc) is 2.86. The van der Waals surface area contributed by atoms with Gasteiger partial charge in [-0.25, -0.2) is 0 Å². The smallest absolute Gasteiger partial charge is 0.294 e. The summed E-state index contributed by atoms with van der Waals surface area (Å²) in [6, 6.07) is 8.78. The molecule has 96 valence electrons. The summed E-state index contributed by atoms with van der Waals surface area (Å²) in [6.07, 6.45) is 3.24. The van der Waals surface area contributed by atoms with Gasteiger partial charge in [-0.1, -0.05) is 0 Å². The van der Waals surface area contributed by atoms with E-state index in [0.717, 1.165) is 11.3 Å². The zero-order valence-electron chi connectivity index (χ0n) is 10.2. The monoisotopic (exact) mass is 255 g/mol. The summed E-state index contributed by atoms with van der Waals surface area (Å²) in [4.78, 5) is 18.3. The lowest BCUT2D eigenvalue weighted by Crippen LogP contribution is -2.32. The van der Waals surface area contributed by atoms with Crippen molar-refractivity contribution < 1.29 is 9.21 Å². The minimum Gasteiger partial charge on any atom is -0.459 e. The number of nitrogen functional groups attached to an aromatic ring is 1. The van der Waals surface area contributed by atoms with Gasteiger partial charge in [0, 0.05) is 24.0 Å². The predicted octanol–water partition coefficient (Wildman–Crippen LogP) is 1.94. The molecule has 1 aromatic carbocycles. The maximum Gasteiger partial charge on any atom is 0.294 e. The Balaban J connectivity index is 2.03. The molecule has 0 spiro atoms. The van der Waals surface area contributed by atoms with E-state index in [2.05, 4.69) is 4.99 Å². The van der Waals surface area contributed by atoms with Gasteiger partial charge in [0.1, 0.15) is 0 Å². The Bertz CT molecular complexity index is 632. The number of nitrogens with zero attached hydrogens (tertiary/aromatic N) is 2. The molecule has 0 saturated heterocycles. The number of aliphatic imine (C=N–C) groups is 1. The Morgan fingerprint density at radius 1 is 1.37 bits per heavy atom. The van der Waals surface area contributed by atoms with Crippen molar-refractivity contribution in [3.63, 3.8) is 0 Å². The van der Waals surface area contributed by atoms with Crippen molar-refractivity contribution in [1.82, 2.24) is 0 Å². The Hall–Kier alpha value is -2.56. The Morgan fingerprint density at radius 3 is 3.05 bits per heavy atom. The van der Waals surface area contributed by atoms with Crippen molar-refractivity contribution >= 4 is 23.5 Å². The number of rotatable bonds is 1. The minimum atomic E-state index is -0.165. The summed E-state index contributed by atoms with van der Waals surface area (Å²) in [7, 11) is 0. The van der Waals surface area contributed by atoms with Crippen molar-refractivity contribution in [1.29, 1.82) is 0 Å². The SMILES string of the molecule is Nc1ccc2c(c1)C=NCCN2C(=O)c1ccco1. The van der Waals surface area contributed by atoms with E-state index < -0.39 is 0 Å². The first kappa shape index (κ1) is 11.5. The van der Waals surface area contributed by atoms with Crippen LogP contribution in [0.25, 0.3) is 0 Å². The molecular weight excluding hydrogens is 242 g/mol. The van der Waals surface area contributed by atoms with Crippen LogP contribution in [-0.2, 0) is 0 Å². The highest BCUT2D eigenvalue weighted by Gasteiger charge is 2.22. The maximum atomic E-state index is 12.4. The Morgan fingerprint density at radius 2 is 2.26 bits per heavy atom. The van der Waals surface area contributed by atoms with E-state index in [1.807, 2.05) is 12.1 Å². The maximum absolute atomic E-state index is 12.4. The number of amides is 1. The highest BCUT2D eigenvalue weighted by molar-refractivity contribution is 6.07. The highest BCUT2D eigenvalue weighted by Crippen LogP contribution is 2.25. The van der Waals surface area contributed by atoms with Crippen LogP contribution in [0.1, 0.15) is 16.1 Å². The molecule has 0 unspecified atom stereocenters. The number of hydrogen-bond donors (Lipinski definition) is 1. The van der Waals surface area contributed by atoms with Gasteiger partial charge in [0.25, 0.3) is 5.91 Å². The van der Waals surface area contributed by atoms with Gasteiger partial charge in [-0.15, -0.1) is 0 Å². The number of carbonyl (C=O) groups is 1. The zero-order valence-corrected chi connectivity index (χ0v) is 10.2. The summed E-state index contributed by atoms with van der Waals surface area (Å²) < 4.78 is 5.17. The third-order valence-corrected chi connectivity index (χ3v) is 3.00. The molecule has 0 atom stereocenters. The number of benzene rings is 1. The normalized spacial score (nSPS) is 14.0. The third kappa shape index (κ3) is 2.10. The van der Waals surface area contributed by atoms with Crippen molar-refractivity contribution in [2.75, 3.05) is 23.7 Å². The second kappa shape index (κ2) is 4.61. The molecule has 0 bridgehead atoms. The van der Waals surface area contributed by atoms with Crippen molar-refractivity contribution in [3.05, 3.63) is 47.9 Å². The molecule has 1 amide bonds. The molecule has 0 fully saturated rings. The van der Waals surface area contributed by atoms with Gasteiger partial charge >= 0.3 is 0 Å². The second-order valence-electron chi connectivity index (χ2n) is 4.29. The van der Waals surface area contributed by atoms with Gasteiger partial charge in [-0.2, -0.15) is 0 Å². The number of benzodiazepines with no additional fused rings is 1. The first-order valence-corrected chi connectivity index (χ1v) is 6.00. The van der Waals surface area contributed by atoms with E-state index in [1.54, 1.807) is 29.3 Å². The standard InChI is InChI=1S/C14H13N3O2/c15-11-3-4-12-10(8-11)9-16-5-6-17(12)14(18)13-2-1-7-19-13/h1-4,7-9H,5-6,15H2. The highest BCUT2D eigenvalue weighted by atomic mass is 16.3. The van der Waals surface area contributed by atoms with Crippen LogP contribution in [0.5, 0.6) is 0 Å². The average molecular weight is 255 g/mol. The fourth-order valence-corrected chi connectivity index (χ4v) is 2.11. The van der Waals surface area contributed by atoms with Gasteiger partial charge < -0.3 is 15.1 Å².